The predicted molar refractivity (Wildman–Crippen MR) is 73.0 cm³/mol. The summed E-state index contributed by atoms with van der Waals surface area (Å²) < 4.78 is 13.3. The second-order valence-corrected chi connectivity index (χ2v) is 5.10. The van der Waals surface area contributed by atoms with Gasteiger partial charge in [-0.3, -0.25) is 4.79 Å². The molecule has 1 aromatic carbocycles. The fourth-order valence-electron chi connectivity index (χ4n) is 1.47. The number of halogens is 1. The summed E-state index contributed by atoms with van der Waals surface area (Å²) in [4.78, 5) is 22.8. The maximum atomic E-state index is 13.3. The molecule has 0 fully saturated rings. The van der Waals surface area contributed by atoms with E-state index in [0.29, 0.717) is 17.7 Å². The van der Waals surface area contributed by atoms with Crippen molar-refractivity contribution >= 4 is 23.6 Å². The molecule has 19 heavy (non-hydrogen) atoms. The topological polar surface area (TPSA) is 66.4 Å². The maximum Gasteiger partial charge on any atom is 0.326 e. The van der Waals surface area contributed by atoms with Crippen LogP contribution in [0, 0.1) is 12.7 Å². The molecule has 0 aromatic heterocycles. The fraction of sp³-hybridized carbons (Fsp3) is 0.385. The Balaban J connectivity index is 2.75. The van der Waals surface area contributed by atoms with Crippen molar-refractivity contribution in [3.63, 3.8) is 0 Å². The van der Waals surface area contributed by atoms with E-state index in [1.807, 2.05) is 6.26 Å². The van der Waals surface area contributed by atoms with Crippen molar-refractivity contribution in [1.82, 2.24) is 5.32 Å². The van der Waals surface area contributed by atoms with Crippen LogP contribution in [0.4, 0.5) is 4.39 Å². The van der Waals surface area contributed by atoms with Gasteiger partial charge in [0.1, 0.15) is 11.9 Å². The minimum absolute atomic E-state index is 0.124. The van der Waals surface area contributed by atoms with E-state index in [4.69, 9.17) is 5.11 Å². The zero-order valence-electron chi connectivity index (χ0n) is 10.8. The van der Waals surface area contributed by atoms with Crippen LogP contribution in [0.3, 0.4) is 0 Å². The van der Waals surface area contributed by atoms with Crippen molar-refractivity contribution < 1.29 is 19.1 Å². The second kappa shape index (κ2) is 7.13. The Hall–Kier alpha value is -1.56. The zero-order valence-corrected chi connectivity index (χ0v) is 11.6. The van der Waals surface area contributed by atoms with E-state index in [1.165, 1.54) is 23.9 Å². The van der Waals surface area contributed by atoms with E-state index in [-0.39, 0.29) is 5.56 Å². The molecule has 1 rings (SSSR count). The molecular formula is C13H16FNO3S. The highest BCUT2D eigenvalue weighted by Gasteiger charge is 2.20. The lowest BCUT2D eigenvalue weighted by atomic mass is 10.1. The van der Waals surface area contributed by atoms with Gasteiger partial charge >= 0.3 is 5.97 Å². The van der Waals surface area contributed by atoms with E-state index in [2.05, 4.69) is 5.32 Å². The molecule has 1 amide bonds. The summed E-state index contributed by atoms with van der Waals surface area (Å²) >= 11 is 1.50. The summed E-state index contributed by atoms with van der Waals surface area (Å²) in [5, 5.41) is 11.4. The highest BCUT2D eigenvalue weighted by Crippen LogP contribution is 2.10. The van der Waals surface area contributed by atoms with Crippen LogP contribution in [0.15, 0.2) is 18.2 Å². The molecule has 2 N–H and O–H groups in total. The lowest BCUT2D eigenvalue weighted by Crippen LogP contribution is -2.41. The molecule has 0 saturated heterocycles. The molecular weight excluding hydrogens is 269 g/mol. The van der Waals surface area contributed by atoms with Crippen molar-refractivity contribution in [2.24, 2.45) is 0 Å². The third kappa shape index (κ3) is 4.55. The standard InChI is InChI=1S/C13H16FNO3S/c1-8-3-4-9(7-10(8)14)12(16)15-11(13(17)18)5-6-19-2/h3-4,7,11H,5-6H2,1-2H3,(H,15,16)(H,17,18)/t11-/m0/s1. The van der Waals surface area contributed by atoms with Crippen LogP contribution in [-0.2, 0) is 4.79 Å². The maximum absolute atomic E-state index is 13.3. The Labute approximate surface area is 115 Å². The van der Waals surface area contributed by atoms with Crippen LogP contribution in [0.1, 0.15) is 22.3 Å². The van der Waals surface area contributed by atoms with E-state index in [1.54, 1.807) is 6.92 Å². The van der Waals surface area contributed by atoms with Crippen molar-refractivity contribution in [2.75, 3.05) is 12.0 Å². The molecule has 0 aliphatic heterocycles. The monoisotopic (exact) mass is 285 g/mol. The van der Waals surface area contributed by atoms with Gasteiger partial charge in [0.05, 0.1) is 0 Å². The molecule has 104 valence electrons. The average Bonchev–Trinajstić information content (AvgIpc) is 2.37. The summed E-state index contributed by atoms with van der Waals surface area (Å²) in [6.07, 6.45) is 2.19. The highest BCUT2D eigenvalue weighted by atomic mass is 32.2. The lowest BCUT2D eigenvalue weighted by molar-refractivity contribution is -0.139. The molecule has 0 radical (unpaired) electrons. The molecule has 0 heterocycles. The van der Waals surface area contributed by atoms with Gasteiger partial charge in [0.2, 0.25) is 0 Å². The molecule has 0 bridgehead atoms. The third-order valence-electron chi connectivity index (χ3n) is 2.65. The third-order valence-corrected chi connectivity index (χ3v) is 3.29. The molecule has 0 aliphatic carbocycles. The fourth-order valence-corrected chi connectivity index (χ4v) is 1.94. The van der Waals surface area contributed by atoms with E-state index >= 15 is 0 Å². The first-order chi connectivity index (χ1) is 8.95. The first-order valence-corrected chi connectivity index (χ1v) is 7.14. The normalized spacial score (nSPS) is 11.9. The quantitative estimate of drug-likeness (QED) is 0.839. The summed E-state index contributed by atoms with van der Waals surface area (Å²) in [5.74, 6) is -1.52. The second-order valence-electron chi connectivity index (χ2n) is 4.11. The Kier molecular flexibility index (Phi) is 5.82. The minimum atomic E-state index is -1.09. The van der Waals surface area contributed by atoms with Crippen LogP contribution in [-0.4, -0.2) is 35.0 Å². The van der Waals surface area contributed by atoms with E-state index < -0.39 is 23.7 Å². The summed E-state index contributed by atoms with van der Waals surface area (Å²) in [7, 11) is 0. The van der Waals surface area contributed by atoms with Gasteiger partial charge in [-0.05, 0) is 43.0 Å². The van der Waals surface area contributed by atoms with Crippen molar-refractivity contribution in [2.45, 2.75) is 19.4 Å². The first kappa shape index (κ1) is 15.5. The lowest BCUT2D eigenvalue weighted by Gasteiger charge is -2.14. The number of aliphatic carboxylic acids is 1. The molecule has 0 aliphatic rings. The smallest absolute Gasteiger partial charge is 0.326 e. The van der Waals surface area contributed by atoms with Crippen LogP contribution in [0.25, 0.3) is 0 Å². The molecule has 0 unspecified atom stereocenters. The summed E-state index contributed by atoms with van der Waals surface area (Å²) in [6, 6.07) is 3.12. The Bertz CT molecular complexity index is 479. The highest BCUT2D eigenvalue weighted by molar-refractivity contribution is 7.98. The number of aryl methyl sites for hydroxylation is 1. The van der Waals surface area contributed by atoms with Crippen molar-refractivity contribution in [3.8, 4) is 0 Å². The van der Waals surface area contributed by atoms with E-state index in [9.17, 15) is 14.0 Å². The van der Waals surface area contributed by atoms with Gasteiger partial charge in [0, 0.05) is 5.56 Å². The number of carbonyl (C=O) groups excluding carboxylic acids is 1. The van der Waals surface area contributed by atoms with Gasteiger partial charge in [0.25, 0.3) is 5.91 Å². The van der Waals surface area contributed by atoms with E-state index in [0.717, 1.165) is 6.07 Å². The number of hydrogen-bond donors (Lipinski definition) is 2. The van der Waals surface area contributed by atoms with Gasteiger partial charge in [-0.2, -0.15) is 11.8 Å². The SMILES string of the molecule is CSCC[C@H](NC(=O)c1ccc(C)c(F)c1)C(=O)O. The number of carboxylic acids is 1. The summed E-state index contributed by atoms with van der Waals surface area (Å²) in [5.41, 5.74) is 0.562. The van der Waals surface area contributed by atoms with Crippen LogP contribution < -0.4 is 5.32 Å². The largest absolute Gasteiger partial charge is 0.480 e. The number of nitrogens with one attached hydrogen (secondary N) is 1. The number of amides is 1. The van der Waals surface area contributed by atoms with Gasteiger partial charge < -0.3 is 10.4 Å². The zero-order chi connectivity index (χ0) is 14.4. The molecule has 6 heteroatoms. The van der Waals surface area contributed by atoms with Crippen LogP contribution in [0.5, 0.6) is 0 Å². The number of hydrogen-bond acceptors (Lipinski definition) is 3. The molecule has 0 saturated carbocycles. The number of thioether (sulfide) groups is 1. The van der Waals surface area contributed by atoms with Gasteiger partial charge in [0.15, 0.2) is 0 Å². The Morgan fingerprint density at radius 2 is 2.16 bits per heavy atom. The molecule has 1 atom stereocenters. The number of carboxylic acid groups (broad SMARTS) is 1. The van der Waals surface area contributed by atoms with Gasteiger partial charge in [-0.15, -0.1) is 0 Å². The average molecular weight is 285 g/mol. The molecule has 1 aromatic rings. The van der Waals surface area contributed by atoms with Crippen molar-refractivity contribution in [1.29, 1.82) is 0 Å². The predicted octanol–water partition coefficient (Wildman–Crippen LogP) is 2.07. The number of carbonyl (C=O) groups is 2. The Morgan fingerprint density at radius 3 is 2.68 bits per heavy atom. The molecule has 0 spiro atoms. The first-order valence-electron chi connectivity index (χ1n) is 5.74. The molecule has 4 nitrogen and oxygen atoms in total. The van der Waals surface area contributed by atoms with Gasteiger partial charge in [-0.1, -0.05) is 6.07 Å². The number of rotatable bonds is 6. The van der Waals surface area contributed by atoms with Crippen molar-refractivity contribution in [3.05, 3.63) is 35.1 Å². The Morgan fingerprint density at radius 1 is 1.47 bits per heavy atom. The van der Waals surface area contributed by atoms with Gasteiger partial charge in [-0.25, -0.2) is 9.18 Å². The van der Waals surface area contributed by atoms with Crippen LogP contribution >= 0.6 is 11.8 Å². The van der Waals surface area contributed by atoms with Crippen LogP contribution in [0.2, 0.25) is 0 Å². The summed E-state index contributed by atoms with van der Waals surface area (Å²) in [6.45, 7) is 1.59. The minimum Gasteiger partial charge on any atom is -0.480 e. The number of benzene rings is 1.